The highest BCUT2D eigenvalue weighted by atomic mass is 32.5. The molecule has 1 aromatic carbocycles. The van der Waals surface area contributed by atoms with Crippen LogP contribution in [0.2, 0.25) is 0 Å². The van der Waals surface area contributed by atoms with Crippen LogP contribution >= 0.6 is 14.5 Å². The Hall–Kier alpha value is -4.97. The number of hydrogen-bond acceptors (Lipinski definition) is 20. The average Bonchev–Trinajstić information content (AvgIpc) is 3.97. The SMILES string of the molecule is C=CCOP(=O)(OCCC#N)O[C@H]1[C@@H](F)[C@H](n2cnc3c(NC(=O)c4ccccc4)ncnc32)O[C@@H]1COP(=S)(OCCC#N)O[C@H]1[C@@H](C)[C@H](c2ccnc(C(=O)OC)c2)O[C@@H]1CO. The van der Waals surface area contributed by atoms with E-state index in [0.717, 1.165) is 6.33 Å². The maximum atomic E-state index is 17.1. The first-order valence-corrected chi connectivity index (χ1v) is 23.5. The third-order valence-electron chi connectivity index (χ3n) is 9.71. The fourth-order valence-corrected chi connectivity index (χ4v) is 10.2. The van der Waals surface area contributed by atoms with Crippen molar-refractivity contribution >= 4 is 55.2 Å². The lowest BCUT2D eigenvalue weighted by Crippen LogP contribution is -2.35. The Morgan fingerprint density at radius 3 is 2.47 bits per heavy atom. The van der Waals surface area contributed by atoms with Gasteiger partial charge in [0, 0.05) is 17.7 Å². The van der Waals surface area contributed by atoms with E-state index >= 15 is 4.39 Å². The second-order valence-corrected chi connectivity index (χ2v) is 18.5. The van der Waals surface area contributed by atoms with Crippen LogP contribution in [0.15, 0.2) is 74.0 Å². The number of aliphatic hydroxyl groups is 1. The van der Waals surface area contributed by atoms with Crippen LogP contribution in [0.4, 0.5) is 10.2 Å². The topological polar surface area (TPSA) is 271 Å². The average molecular weight is 945 g/mol. The van der Waals surface area contributed by atoms with Crippen LogP contribution in [-0.2, 0) is 57.7 Å². The second-order valence-electron chi connectivity index (χ2n) is 13.9. The van der Waals surface area contributed by atoms with Crippen LogP contribution in [0.25, 0.3) is 11.2 Å². The number of amides is 1. The van der Waals surface area contributed by atoms with Crippen molar-refractivity contribution in [2.45, 2.75) is 62.7 Å². The Morgan fingerprint density at radius 2 is 1.77 bits per heavy atom. The number of methoxy groups -OCH3 is 1. The van der Waals surface area contributed by atoms with Crippen molar-refractivity contribution in [1.29, 1.82) is 10.5 Å². The number of phosphoric acid groups is 1. The quantitative estimate of drug-likeness (QED) is 0.0429. The Kier molecular flexibility index (Phi) is 16.9. The van der Waals surface area contributed by atoms with E-state index in [2.05, 4.69) is 31.8 Å². The van der Waals surface area contributed by atoms with Crippen LogP contribution in [0.3, 0.4) is 0 Å². The Bertz CT molecular complexity index is 2460. The molecule has 2 aliphatic heterocycles. The summed E-state index contributed by atoms with van der Waals surface area (Å²) in [6.07, 6.45) is -5.17. The Labute approximate surface area is 371 Å². The highest BCUT2D eigenvalue weighted by molar-refractivity contribution is 8.07. The Morgan fingerprint density at radius 1 is 1.02 bits per heavy atom. The van der Waals surface area contributed by atoms with E-state index < -0.39 is 95.1 Å². The van der Waals surface area contributed by atoms with E-state index in [1.807, 2.05) is 12.1 Å². The summed E-state index contributed by atoms with van der Waals surface area (Å²) in [7, 11) is -3.44. The summed E-state index contributed by atoms with van der Waals surface area (Å²) in [5.41, 5.74) is 0.990. The minimum absolute atomic E-state index is 0.0145. The fourth-order valence-electron chi connectivity index (χ4n) is 6.72. The molecule has 340 valence electrons. The van der Waals surface area contributed by atoms with Crippen molar-refractivity contribution in [2.24, 2.45) is 5.92 Å². The molecule has 2 aliphatic rings. The maximum absolute atomic E-state index is 17.1. The monoisotopic (exact) mass is 944 g/mol. The van der Waals surface area contributed by atoms with Gasteiger partial charge in [-0.15, -0.1) is 6.58 Å². The van der Waals surface area contributed by atoms with Gasteiger partial charge in [-0.2, -0.15) is 10.5 Å². The van der Waals surface area contributed by atoms with Gasteiger partial charge in [0.25, 0.3) is 5.91 Å². The summed E-state index contributed by atoms with van der Waals surface area (Å²) >= 11 is 5.85. The molecule has 4 aromatic rings. The summed E-state index contributed by atoms with van der Waals surface area (Å²) in [5.74, 6) is -1.72. The van der Waals surface area contributed by atoms with Gasteiger partial charge in [0.2, 0.25) is 0 Å². The van der Waals surface area contributed by atoms with Crippen LogP contribution in [0.5, 0.6) is 0 Å². The maximum Gasteiger partial charge on any atom is 0.475 e. The molecule has 2 fully saturated rings. The van der Waals surface area contributed by atoms with E-state index in [1.165, 1.54) is 36.3 Å². The van der Waals surface area contributed by atoms with Gasteiger partial charge >= 0.3 is 20.5 Å². The van der Waals surface area contributed by atoms with E-state index in [0.29, 0.717) is 11.1 Å². The molecular weight excluding hydrogens is 901 g/mol. The van der Waals surface area contributed by atoms with Gasteiger partial charge in [-0.25, -0.2) is 33.7 Å². The molecule has 0 radical (unpaired) electrons. The Balaban J connectivity index is 1.29. The number of nitrogens with zero attached hydrogens (tertiary/aromatic N) is 7. The van der Waals surface area contributed by atoms with E-state index in [1.54, 1.807) is 43.3 Å². The van der Waals surface area contributed by atoms with Crippen LogP contribution in [0.1, 0.15) is 58.5 Å². The molecule has 0 bridgehead atoms. The number of anilines is 1. The van der Waals surface area contributed by atoms with Crippen LogP contribution in [0, 0.1) is 28.6 Å². The van der Waals surface area contributed by atoms with Crippen molar-refractivity contribution in [3.8, 4) is 12.1 Å². The molecule has 0 saturated carbocycles. The number of hydrogen-bond donors (Lipinski definition) is 2. The van der Waals surface area contributed by atoms with Gasteiger partial charge in [-0.1, -0.05) is 31.2 Å². The zero-order valence-electron chi connectivity index (χ0n) is 34.3. The van der Waals surface area contributed by atoms with Crippen molar-refractivity contribution in [2.75, 3.05) is 45.5 Å². The highest BCUT2D eigenvalue weighted by Gasteiger charge is 2.53. The van der Waals surface area contributed by atoms with Crippen molar-refractivity contribution in [3.05, 3.63) is 90.8 Å². The molecule has 3 aromatic heterocycles. The first-order chi connectivity index (χ1) is 30.9. The normalized spacial score (nSPS) is 24.8. The number of esters is 1. The molecule has 2 unspecified atom stereocenters. The molecule has 10 atom stereocenters. The molecule has 2 N–H and O–H groups in total. The number of benzene rings is 1. The number of nitriles is 2. The largest absolute Gasteiger partial charge is 0.475 e. The van der Waals surface area contributed by atoms with Gasteiger partial charge in [0.15, 0.2) is 29.4 Å². The van der Waals surface area contributed by atoms with Crippen molar-refractivity contribution < 1.29 is 65.0 Å². The van der Waals surface area contributed by atoms with Crippen LogP contribution < -0.4 is 5.32 Å². The number of halogens is 1. The number of carbonyl (C=O) groups is 2. The van der Waals surface area contributed by atoms with E-state index in [9.17, 15) is 24.5 Å². The third-order valence-corrected chi connectivity index (χ3v) is 13.5. The van der Waals surface area contributed by atoms with Gasteiger partial charge in [-0.3, -0.25) is 22.9 Å². The summed E-state index contributed by atoms with van der Waals surface area (Å²) in [5, 5.41) is 31.5. The molecule has 25 heteroatoms. The third kappa shape index (κ3) is 11.5. The summed E-state index contributed by atoms with van der Waals surface area (Å²) in [6, 6.07) is 15.2. The first-order valence-electron chi connectivity index (χ1n) is 19.5. The van der Waals surface area contributed by atoms with Crippen LogP contribution in [-0.4, -0.2) is 112 Å². The number of alkyl halides is 1. The summed E-state index contributed by atoms with van der Waals surface area (Å²) in [4.78, 5) is 42.0. The number of nitrogens with one attached hydrogen (secondary N) is 1. The number of phosphoric ester groups is 1. The number of aliphatic hydroxyl groups excluding tert-OH is 1. The van der Waals surface area contributed by atoms with Crippen molar-refractivity contribution in [3.63, 3.8) is 0 Å². The molecule has 6 rings (SSSR count). The van der Waals surface area contributed by atoms with Crippen molar-refractivity contribution in [1.82, 2.24) is 24.5 Å². The van der Waals surface area contributed by atoms with Gasteiger partial charge < -0.3 is 38.2 Å². The zero-order valence-corrected chi connectivity index (χ0v) is 36.9. The fraction of sp³-hybridized carbons (Fsp3) is 0.436. The highest BCUT2D eigenvalue weighted by Crippen LogP contribution is 2.57. The number of pyridine rings is 1. The van der Waals surface area contributed by atoms with Gasteiger partial charge in [0.05, 0.1) is 77.6 Å². The predicted octanol–water partition coefficient (Wildman–Crippen LogP) is 5.45. The second kappa shape index (κ2) is 22.3. The van der Waals surface area contributed by atoms with Gasteiger partial charge in [-0.05, 0) is 41.6 Å². The number of carbonyl (C=O) groups excluding carboxylic acids is 2. The molecule has 1 amide bonds. The molecule has 2 saturated heterocycles. The molecular formula is C39H43FN8O13P2S. The van der Waals surface area contributed by atoms with E-state index in [-0.39, 0.29) is 48.7 Å². The molecule has 5 heterocycles. The zero-order chi connectivity index (χ0) is 45.9. The van der Waals surface area contributed by atoms with E-state index in [4.69, 9.17) is 58.4 Å². The minimum atomic E-state index is -4.66. The number of imidazole rings is 1. The standard InChI is InChI=1S/C39H43FN8O13P2S/c1-4-16-54-62(52,55-17-8-13-41)60-34-29(59-38(30(34)40)48-23-46-31-35(44-22-45-36(31)48)47-37(50)25-10-6-5-7-11-25)21-57-63(64,56-18-9-14-42)61-33-24(2)32(58-28(33)20-49)26-12-15-43-27(19-26)39(51)53-3/h4-7,10-12,15,19,22-24,28-30,32-34,38,49H,1,8-9,16-18,20-21H2,2-3H3,(H,44,45,47,50)/t24-,28+,29+,30+,32+,33-,34+,38+,62?,63?/m0/s1. The molecule has 64 heavy (non-hydrogen) atoms. The lowest BCUT2D eigenvalue weighted by atomic mass is 9.94. The lowest BCUT2D eigenvalue weighted by Gasteiger charge is -2.30. The first kappa shape index (κ1) is 48.5. The van der Waals surface area contributed by atoms with Gasteiger partial charge in [0.1, 0.15) is 36.4 Å². The smallest absolute Gasteiger partial charge is 0.464 e. The minimum Gasteiger partial charge on any atom is -0.464 e. The molecule has 0 aliphatic carbocycles. The predicted molar refractivity (Wildman–Crippen MR) is 224 cm³/mol. The number of rotatable bonds is 22. The summed E-state index contributed by atoms with van der Waals surface area (Å²) in [6.45, 7) is -0.890. The number of ether oxygens (including phenoxy) is 3. The molecule has 21 nitrogen and oxygen atoms in total. The lowest BCUT2D eigenvalue weighted by molar-refractivity contribution is -0.0508. The summed E-state index contributed by atoms with van der Waals surface area (Å²) < 4.78 is 84.4. The number of aromatic nitrogens is 5. The number of fused-ring (bicyclic) bond motifs is 1. The molecule has 0 spiro atoms.